The summed E-state index contributed by atoms with van der Waals surface area (Å²) in [7, 11) is -3.30. The lowest BCUT2D eigenvalue weighted by Crippen LogP contribution is -2.17. The van der Waals surface area contributed by atoms with Gasteiger partial charge in [-0.1, -0.05) is 12.1 Å². The maximum atomic E-state index is 11.6. The smallest absolute Gasteiger partial charge is 0.233 e. The molecule has 0 bridgehead atoms. The highest BCUT2D eigenvalue weighted by Gasteiger charge is 2.28. The quantitative estimate of drug-likeness (QED) is 0.767. The SMILES string of the molecule is O=S(=O)(CC1CC1)Nc1ccccc1O. The van der Waals surface area contributed by atoms with Crippen LogP contribution in [0.25, 0.3) is 0 Å². The van der Waals surface area contributed by atoms with Gasteiger partial charge in [0.25, 0.3) is 0 Å². The normalized spacial score (nSPS) is 16.3. The van der Waals surface area contributed by atoms with Gasteiger partial charge in [-0.15, -0.1) is 0 Å². The molecule has 0 aliphatic heterocycles. The summed E-state index contributed by atoms with van der Waals surface area (Å²) in [5.74, 6) is 0.409. The van der Waals surface area contributed by atoms with Crippen molar-refractivity contribution < 1.29 is 13.5 Å². The number of phenolic OH excluding ortho intramolecular Hbond substituents is 1. The molecule has 0 aromatic heterocycles. The lowest BCUT2D eigenvalue weighted by atomic mass is 10.3. The minimum atomic E-state index is -3.30. The lowest BCUT2D eigenvalue weighted by molar-refractivity contribution is 0.477. The van der Waals surface area contributed by atoms with Crippen molar-refractivity contribution in [3.63, 3.8) is 0 Å². The van der Waals surface area contributed by atoms with Crippen LogP contribution in [0.5, 0.6) is 5.75 Å². The van der Waals surface area contributed by atoms with E-state index in [1.807, 2.05) is 0 Å². The number of hydrogen-bond acceptors (Lipinski definition) is 3. The fourth-order valence-electron chi connectivity index (χ4n) is 1.36. The van der Waals surface area contributed by atoms with E-state index in [9.17, 15) is 13.5 Å². The largest absolute Gasteiger partial charge is 0.506 e. The second-order valence-electron chi connectivity index (χ2n) is 3.84. The molecule has 1 aromatic carbocycles. The van der Waals surface area contributed by atoms with Gasteiger partial charge in [-0.3, -0.25) is 4.72 Å². The number of hydrogen-bond donors (Lipinski definition) is 2. The number of para-hydroxylation sites is 2. The van der Waals surface area contributed by atoms with Gasteiger partial charge in [0.1, 0.15) is 5.75 Å². The Morgan fingerprint density at radius 2 is 2.00 bits per heavy atom. The van der Waals surface area contributed by atoms with Crippen LogP contribution in [0.1, 0.15) is 12.8 Å². The maximum Gasteiger partial charge on any atom is 0.233 e. The fraction of sp³-hybridized carbons (Fsp3) is 0.400. The first kappa shape index (κ1) is 10.3. The number of rotatable bonds is 4. The minimum absolute atomic E-state index is 0.0446. The van der Waals surface area contributed by atoms with E-state index in [0.29, 0.717) is 5.92 Å². The third kappa shape index (κ3) is 2.86. The van der Waals surface area contributed by atoms with Crippen LogP contribution < -0.4 is 4.72 Å². The molecule has 1 saturated carbocycles. The van der Waals surface area contributed by atoms with Crippen LogP contribution in [0.15, 0.2) is 24.3 Å². The van der Waals surface area contributed by atoms with Gasteiger partial charge < -0.3 is 5.11 Å². The minimum Gasteiger partial charge on any atom is -0.506 e. The molecule has 2 N–H and O–H groups in total. The Morgan fingerprint density at radius 1 is 1.33 bits per heavy atom. The van der Waals surface area contributed by atoms with Crippen LogP contribution >= 0.6 is 0 Å². The number of phenols is 1. The zero-order valence-corrected chi connectivity index (χ0v) is 9.00. The molecule has 0 atom stereocenters. The molecule has 0 saturated heterocycles. The van der Waals surface area contributed by atoms with Crippen LogP contribution in [0, 0.1) is 5.92 Å². The molecule has 82 valence electrons. The molecule has 5 heteroatoms. The number of sulfonamides is 1. The van der Waals surface area contributed by atoms with Gasteiger partial charge in [0, 0.05) is 0 Å². The van der Waals surface area contributed by atoms with Gasteiger partial charge in [0.05, 0.1) is 11.4 Å². The summed E-state index contributed by atoms with van der Waals surface area (Å²) in [6, 6.07) is 6.32. The van der Waals surface area contributed by atoms with Gasteiger partial charge in [0.15, 0.2) is 0 Å². The second-order valence-corrected chi connectivity index (χ2v) is 5.61. The Morgan fingerprint density at radius 3 is 2.60 bits per heavy atom. The Balaban J connectivity index is 2.10. The Labute approximate surface area is 89.0 Å². The summed E-state index contributed by atoms with van der Waals surface area (Å²) in [4.78, 5) is 0. The van der Waals surface area contributed by atoms with Crippen LogP contribution in [-0.2, 0) is 10.0 Å². The Bertz CT molecular complexity index is 451. The molecule has 15 heavy (non-hydrogen) atoms. The van der Waals surface area contributed by atoms with Crippen molar-refractivity contribution in [1.82, 2.24) is 0 Å². The first-order chi connectivity index (χ1) is 7.07. The second kappa shape index (κ2) is 3.73. The zero-order chi connectivity index (χ0) is 10.9. The zero-order valence-electron chi connectivity index (χ0n) is 8.18. The molecule has 0 unspecified atom stereocenters. The monoisotopic (exact) mass is 227 g/mol. The first-order valence-corrected chi connectivity index (χ1v) is 6.50. The van der Waals surface area contributed by atoms with Crippen molar-refractivity contribution in [2.75, 3.05) is 10.5 Å². The summed E-state index contributed by atoms with van der Waals surface area (Å²) >= 11 is 0. The molecular formula is C10H13NO3S. The van der Waals surface area contributed by atoms with Crippen molar-refractivity contribution in [3.05, 3.63) is 24.3 Å². The molecule has 0 spiro atoms. The summed E-state index contributed by atoms with van der Waals surface area (Å²) in [5, 5.41) is 9.40. The van der Waals surface area contributed by atoms with Gasteiger partial charge in [-0.2, -0.15) is 0 Å². The summed E-state index contributed by atoms with van der Waals surface area (Å²) in [6.07, 6.45) is 1.98. The van der Waals surface area contributed by atoms with Gasteiger partial charge >= 0.3 is 0 Å². The van der Waals surface area contributed by atoms with E-state index in [1.165, 1.54) is 6.07 Å². The summed E-state index contributed by atoms with van der Waals surface area (Å²) in [6.45, 7) is 0. The van der Waals surface area contributed by atoms with Gasteiger partial charge in [-0.25, -0.2) is 8.42 Å². The average Bonchev–Trinajstić information content (AvgIpc) is 2.91. The van der Waals surface area contributed by atoms with E-state index in [4.69, 9.17) is 0 Å². The molecule has 0 amide bonds. The predicted molar refractivity (Wildman–Crippen MR) is 58.2 cm³/mol. The van der Waals surface area contributed by atoms with Crippen molar-refractivity contribution in [3.8, 4) is 5.75 Å². The molecule has 1 fully saturated rings. The highest BCUT2D eigenvalue weighted by atomic mass is 32.2. The van der Waals surface area contributed by atoms with E-state index in [-0.39, 0.29) is 17.2 Å². The fourth-order valence-corrected chi connectivity index (χ4v) is 2.91. The Hall–Kier alpha value is -1.23. The lowest BCUT2D eigenvalue weighted by Gasteiger charge is -2.08. The molecule has 0 radical (unpaired) electrons. The molecule has 0 heterocycles. The van der Waals surface area contributed by atoms with Crippen molar-refractivity contribution in [2.45, 2.75) is 12.8 Å². The van der Waals surface area contributed by atoms with Crippen LogP contribution in [0.3, 0.4) is 0 Å². The van der Waals surface area contributed by atoms with E-state index in [0.717, 1.165) is 12.8 Å². The highest BCUT2D eigenvalue weighted by molar-refractivity contribution is 7.92. The molecule has 1 aromatic rings. The number of aromatic hydroxyl groups is 1. The van der Waals surface area contributed by atoms with E-state index in [2.05, 4.69) is 4.72 Å². The van der Waals surface area contributed by atoms with Crippen molar-refractivity contribution in [2.24, 2.45) is 5.92 Å². The third-order valence-corrected chi connectivity index (χ3v) is 3.76. The standard InChI is InChI=1S/C10H13NO3S/c12-10-4-2-1-3-9(10)11-15(13,14)7-8-5-6-8/h1-4,8,11-12H,5-7H2. The van der Waals surface area contributed by atoms with Crippen LogP contribution in [0.2, 0.25) is 0 Å². The average molecular weight is 227 g/mol. The number of nitrogens with one attached hydrogen (secondary N) is 1. The molecular weight excluding hydrogens is 214 g/mol. The number of benzene rings is 1. The van der Waals surface area contributed by atoms with Crippen molar-refractivity contribution in [1.29, 1.82) is 0 Å². The van der Waals surface area contributed by atoms with Gasteiger partial charge in [0.2, 0.25) is 10.0 Å². The van der Waals surface area contributed by atoms with Crippen LogP contribution in [0.4, 0.5) is 5.69 Å². The molecule has 1 aliphatic carbocycles. The van der Waals surface area contributed by atoms with E-state index in [1.54, 1.807) is 18.2 Å². The third-order valence-electron chi connectivity index (χ3n) is 2.32. The maximum absolute atomic E-state index is 11.6. The van der Waals surface area contributed by atoms with E-state index < -0.39 is 10.0 Å². The molecule has 1 aliphatic rings. The summed E-state index contributed by atoms with van der Waals surface area (Å²) in [5.41, 5.74) is 0.248. The molecule has 2 rings (SSSR count). The van der Waals surface area contributed by atoms with E-state index >= 15 is 0 Å². The predicted octanol–water partition coefficient (Wildman–Crippen LogP) is 1.54. The Kier molecular flexibility index (Phi) is 2.56. The molecule has 4 nitrogen and oxygen atoms in total. The van der Waals surface area contributed by atoms with Crippen LogP contribution in [-0.4, -0.2) is 19.3 Å². The first-order valence-electron chi connectivity index (χ1n) is 4.85. The summed E-state index contributed by atoms with van der Waals surface area (Å²) < 4.78 is 25.5. The van der Waals surface area contributed by atoms with Gasteiger partial charge in [-0.05, 0) is 30.9 Å². The highest BCUT2D eigenvalue weighted by Crippen LogP contribution is 2.31. The van der Waals surface area contributed by atoms with Crippen molar-refractivity contribution >= 4 is 15.7 Å². The number of anilines is 1. The topological polar surface area (TPSA) is 66.4 Å².